The molecule has 0 fully saturated rings. The van der Waals surface area contributed by atoms with Gasteiger partial charge in [-0.25, -0.2) is 9.97 Å². The Balaban J connectivity index is 0.000000109. The van der Waals surface area contributed by atoms with Crippen LogP contribution in [-0.4, -0.2) is 69.8 Å². The first-order valence-corrected chi connectivity index (χ1v) is 29.4. The van der Waals surface area contributed by atoms with E-state index in [4.69, 9.17) is 9.97 Å². The zero-order chi connectivity index (χ0) is 60.7. The summed E-state index contributed by atoms with van der Waals surface area (Å²) < 4.78 is 0. The molecule has 0 amide bonds. The Kier molecular flexibility index (Phi) is 16.9. The van der Waals surface area contributed by atoms with Crippen molar-refractivity contribution in [3.05, 3.63) is 266 Å². The van der Waals surface area contributed by atoms with Crippen molar-refractivity contribution in [1.82, 2.24) is 69.8 Å². The molecule has 92 heavy (non-hydrogen) atoms. The van der Waals surface area contributed by atoms with Crippen molar-refractivity contribution in [3.63, 3.8) is 0 Å². The molecule has 438 valence electrons. The number of benzene rings is 6. The summed E-state index contributed by atoms with van der Waals surface area (Å²) >= 11 is 0. The van der Waals surface area contributed by atoms with E-state index in [2.05, 4.69) is 160 Å². The zero-order valence-corrected chi connectivity index (χ0v) is 53.5. The van der Waals surface area contributed by atoms with Gasteiger partial charge >= 0.3 is 39.0 Å². The van der Waals surface area contributed by atoms with E-state index in [0.717, 1.165) is 131 Å². The molecule has 0 aliphatic heterocycles. The standard InChI is InChI=1S/C24H12N6.4C13H10N2.2Ru/c1-5-13-17(25-9-1)18-14(6-2-10-26-18)22-21(13)29-23-15-7-3-11-27-19(15)20-16(24(23)30-22)8-4-12-28-20;4*1-9-8-10-4-2-6-14-12(10)13-11(9)5-3-7-15-13;;/h1-12H;4*2-8H,1H3;;/q;;;;;2*+2. The van der Waals surface area contributed by atoms with Gasteiger partial charge in [-0.3, -0.25) is 59.8 Å². The summed E-state index contributed by atoms with van der Waals surface area (Å²) in [5.74, 6) is 0. The summed E-state index contributed by atoms with van der Waals surface area (Å²) in [5, 5.41) is 13.1. The molecule has 0 spiro atoms. The number of pyridine rings is 12. The van der Waals surface area contributed by atoms with Gasteiger partial charge in [-0.1, -0.05) is 48.5 Å². The molecule has 6 aromatic carbocycles. The summed E-state index contributed by atoms with van der Waals surface area (Å²) in [6.45, 7) is 8.43. The molecule has 19 aromatic rings. The van der Waals surface area contributed by atoms with Crippen LogP contribution in [0.3, 0.4) is 0 Å². The SMILES string of the molecule is Cc1cc2cccnc2c2ncccc12.Cc1cc2cccnc2c2ncccc12.Cc1cc2cccnc2c2ncccc12.Cc1cc2cccnc2c2ncccc12.[Ru+2].[Ru+2].c1cnc2c(c1)c1nc3c4cccnc4c4ncccc4c3nc1c1cccnc12. The second-order valence-corrected chi connectivity index (χ2v) is 21.9. The summed E-state index contributed by atoms with van der Waals surface area (Å²) in [4.78, 5) is 63.9. The third-order valence-electron chi connectivity index (χ3n) is 16.3. The second kappa shape index (κ2) is 25.9. The Labute approximate surface area is 552 Å². The van der Waals surface area contributed by atoms with Crippen LogP contribution in [0, 0.1) is 27.7 Å². The van der Waals surface area contributed by atoms with Gasteiger partial charge in [0, 0.05) is 139 Å². The monoisotopic (exact) mass is 1360 g/mol. The first-order valence-electron chi connectivity index (χ1n) is 29.4. The van der Waals surface area contributed by atoms with Crippen molar-refractivity contribution in [2.45, 2.75) is 27.7 Å². The predicted octanol–water partition coefficient (Wildman–Crippen LogP) is 17.3. The Morgan fingerprint density at radius 2 is 0.326 bits per heavy atom. The van der Waals surface area contributed by atoms with E-state index < -0.39 is 0 Å². The quantitative estimate of drug-likeness (QED) is 0.0794. The van der Waals surface area contributed by atoms with Gasteiger partial charge in [0.05, 0.1) is 88.3 Å². The summed E-state index contributed by atoms with van der Waals surface area (Å²) in [5.41, 5.74) is 19.5. The largest absolute Gasteiger partial charge is 2.00 e. The molecule has 0 bridgehead atoms. The van der Waals surface area contributed by atoms with Gasteiger partial charge in [-0.2, -0.15) is 0 Å². The van der Waals surface area contributed by atoms with Gasteiger partial charge in [0.2, 0.25) is 0 Å². The molecule has 0 aliphatic carbocycles. The average molecular weight is 1360 g/mol. The Morgan fingerprint density at radius 3 is 0.522 bits per heavy atom. The van der Waals surface area contributed by atoms with Crippen LogP contribution in [0.15, 0.2) is 244 Å². The number of rotatable bonds is 0. The number of hydrogen-bond acceptors (Lipinski definition) is 14. The maximum atomic E-state index is 5.14. The fourth-order valence-electron chi connectivity index (χ4n) is 12.1. The molecule has 0 atom stereocenters. The van der Waals surface area contributed by atoms with E-state index in [1.54, 1.807) is 24.8 Å². The third kappa shape index (κ3) is 11.0. The third-order valence-corrected chi connectivity index (χ3v) is 16.3. The number of aromatic nitrogens is 14. The molecule has 0 aliphatic rings. The molecule has 0 radical (unpaired) electrons. The first kappa shape index (κ1) is 60.0. The number of aryl methyl sites for hydroxylation is 4. The van der Waals surface area contributed by atoms with E-state index in [1.807, 2.05) is 147 Å². The van der Waals surface area contributed by atoms with E-state index >= 15 is 0 Å². The molecule has 13 aromatic heterocycles. The molecule has 14 nitrogen and oxygen atoms in total. The van der Waals surface area contributed by atoms with E-state index in [0.29, 0.717) is 0 Å². The Morgan fingerprint density at radius 1 is 0.174 bits per heavy atom. The van der Waals surface area contributed by atoms with Crippen LogP contribution in [0.5, 0.6) is 0 Å². The number of nitrogens with zero attached hydrogens (tertiary/aromatic N) is 14. The molecular formula is C76H52N14Ru2+4. The van der Waals surface area contributed by atoms with Crippen LogP contribution in [-0.2, 0) is 39.0 Å². The first-order chi connectivity index (χ1) is 44.3. The molecule has 0 saturated carbocycles. The van der Waals surface area contributed by atoms with Crippen molar-refractivity contribution in [2.24, 2.45) is 0 Å². The molecular weight excluding hydrogens is 1310 g/mol. The fourth-order valence-corrected chi connectivity index (χ4v) is 12.1. The van der Waals surface area contributed by atoms with E-state index in [1.165, 1.54) is 43.8 Å². The maximum absolute atomic E-state index is 5.14. The van der Waals surface area contributed by atoms with Gasteiger partial charge in [0.25, 0.3) is 0 Å². The van der Waals surface area contributed by atoms with Gasteiger partial charge in [0.15, 0.2) is 0 Å². The molecule has 13 heterocycles. The smallest absolute Gasteiger partial charge is 0.254 e. The van der Waals surface area contributed by atoms with Crippen LogP contribution in [0.2, 0.25) is 0 Å². The second-order valence-electron chi connectivity index (χ2n) is 21.9. The van der Waals surface area contributed by atoms with Crippen molar-refractivity contribution < 1.29 is 39.0 Å². The molecule has 16 heteroatoms. The summed E-state index contributed by atoms with van der Waals surface area (Å²) in [7, 11) is 0. The van der Waals surface area contributed by atoms with Gasteiger partial charge in [-0.15, -0.1) is 0 Å². The minimum absolute atomic E-state index is 0. The van der Waals surface area contributed by atoms with Crippen LogP contribution in [0.1, 0.15) is 22.3 Å². The van der Waals surface area contributed by atoms with Crippen molar-refractivity contribution in [3.8, 4) is 0 Å². The molecule has 0 saturated heterocycles. The summed E-state index contributed by atoms with van der Waals surface area (Å²) in [6.07, 6.45) is 21.7. The normalized spacial score (nSPS) is 11.1. The average Bonchev–Trinajstić information content (AvgIpc) is 0.724. The van der Waals surface area contributed by atoms with Crippen LogP contribution >= 0.6 is 0 Å². The predicted molar refractivity (Wildman–Crippen MR) is 365 cm³/mol. The molecule has 0 unspecified atom stereocenters. The van der Waals surface area contributed by atoms with E-state index in [-0.39, 0.29) is 39.0 Å². The zero-order valence-electron chi connectivity index (χ0n) is 50.1. The van der Waals surface area contributed by atoms with E-state index in [9.17, 15) is 0 Å². The minimum Gasteiger partial charge on any atom is -0.254 e. The maximum Gasteiger partial charge on any atom is 2.00 e. The van der Waals surface area contributed by atoms with Crippen molar-refractivity contribution in [2.75, 3.05) is 0 Å². The van der Waals surface area contributed by atoms with Crippen LogP contribution < -0.4 is 0 Å². The van der Waals surface area contributed by atoms with Gasteiger partial charge in [0.1, 0.15) is 0 Å². The number of fused-ring (bicyclic) bond motifs is 24. The number of hydrogen-bond donors (Lipinski definition) is 0. The molecule has 19 rings (SSSR count). The van der Waals surface area contributed by atoms with Crippen LogP contribution in [0.25, 0.3) is 153 Å². The Hall–Kier alpha value is -10.9. The van der Waals surface area contributed by atoms with Crippen molar-refractivity contribution >= 4 is 153 Å². The minimum atomic E-state index is 0. The fraction of sp³-hybridized carbons (Fsp3) is 0.0526. The molecule has 0 N–H and O–H groups in total. The topological polar surface area (TPSA) is 180 Å². The van der Waals surface area contributed by atoms with Gasteiger partial charge < -0.3 is 0 Å². The van der Waals surface area contributed by atoms with Gasteiger partial charge in [-0.05, 0) is 171 Å². The summed E-state index contributed by atoms with van der Waals surface area (Å²) in [6, 6.07) is 56.8. The van der Waals surface area contributed by atoms with Crippen LogP contribution in [0.4, 0.5) is 0 Å². The Bertz CT molecular complexity index is 5300. The van der Waals surface area contributed by atoms with Crippen molar-refractivity contribution in [1.29, 1.82) is 0 Å².